The number of benzene rings is 1. The summed E-state index contributed by atoms with van der Waals surface area (Å²) in [5, 5.41) is 14.3. The summed E-state index contributed by atoms with van der Waals surface area (Å²) in [6.45, 7) is 16.2. The van der Waals surface area contributed by atoms with Crippen molar-refractivity contribution in [2.24, 2.45) is 0 Å². The Morgan fingerprint density at radius 3 is 2.33 bits per heavy atom. The van der Waals surface area contributed by atoms with Gasteiger partial charge in [0.25, 0.3) is 5.91 Å². The van der Waals surface area contributed by atoms with Gasteiger partial charge in [0.15, 0.2) is 15.7 Å². The number of aryl methyl sites for hydroxylation is 1. The van der Waals surface area contributed by atoms with Crippen LogP contribution in [-0.4, -0.2) is 125 Å². The van der Waals surface area contributed by atoms with Gasteiger partial charge in [0.2, 0.25) is 5.95 Å². The number of fused-ring (bicyclic) bond motifs is 1. The van der Waals surface area contributed by atoms with E-state index >= 15 is 0 Å². The maximum absolute atomic E-state index is 13.8. The standard InChI is InChI=1S/C33H45N11O4S/c1-22-23(2)40-41-29(22)39-30-25-17-28(49(46,47)33(3,4)5)27(18-26(25)37-21-38-30)48-16-6-9-42-12-14-44(15-13-42)32-35-19-24(20-36-32)31(45)43-10-7-34-8-11-43/h17-21,34H,6-16H2,1-5H3,(H2,37,38,39,40,41). The number of aromatic amines is 1. The summed E-state index contributed by atoms with van der Waals surface area (Å²) in [5.74, 6) is 1.94. The van der Waals surface area contributed by atoms with Crippen molar-refractivity contribution in [2.45, 2.75) is 50.7 Å². The third kappa shape index (κ3) is 7.45. The number of ether oxygens (including phenoxy) is 1. The van der Waals surface area contributed by atoms with E-state index in [4.69, 9.17) is 4.74 Å². The van der Waals surface area contributed by atoms with Crippen molar-refractivity contribution in [1.82, 2.24) is 45.2 Å². The first-order valence-corrected chi connectivity index (χ1v) is 18.1. The fourth-order valence-electron chi connectivity index (χ4n) is 5.82. The second-order valence-corrected chi connectivity index (χ2v) is 16.1. The fraction of sp³-hybridized carbons (Fsp3) is 0.515. The molecule has 0 unspecified atom stereocenters. The fourth-order valence-corrected chi connectivity index (χ4v) is 7.14. The summed E-state index contributed by atoms with van der Waals surface area (Å²) in [4.78, 5) is 37.0. The van der Waals surface area contributed by atoms with Crippen molar-refractivity contribution < 1.29 is 17.9 Å². The van der Waals surface area contributed by atoms with E-state index < -0.39 is 14.6 Å². The van der Waals surface area contributed by atoms with Gasteiger partial charge in [0, 0.05) is 94.0 Å². The van der Waals surface area contributed by atoms with Crippen molar-refractivity contribution in [3.63, 3.8) is 0 Å². The van der Waals surface area contributed by atoms with Gasteiger partial charge in [0.1, 0.15) is 22.8 Å². The number of nitrogens with zero attached hydrogens (tertiary/aromatic N) is 8. The zero-order chi connectivity index (χ0) is 34.8. The van der Waals surface area contributed by atoms with Gasteiger partial charge in [-0.2, -0.15) is 5.10 Å². The van der Waals surface area contributed by atoms with Crippen molar-refractivity contribution in [1.29, 1.82) is 0 Å². The number of anilines is 3. The highest BCUT2D eigenvalue weighted by Crippen LogP contribution is 2.37. The van der Waals surface area contributed by atoms with Crippen molar-refractivity contribution in [2.75, 3.05) is 75.7 Å². The van der Waals surface area contributed by atoms with Gasteiger partial charge in [-0.05, 0) is 47.1 Å². The van der Waals surface area contributed by atoms with Gasteiger partial charge < -0.3 is 25.2 Å². The van der Waals surface area contributed by atoms with Gasteiger partial charge in [-0.1, -0.05) is 0 Å². The van der Waals surface area contributed by atoms with Crippen LogP contribution in [0.4, 0.5) is 17.6 Å². The van der Waals surface area contributed by atoms with Crippen LogP contribution in [0.25, 0.3) is 10.9 Å². The van der Waals surface area contributed by atoms with E-state index in [2.05, 4.69) is 50.6 Å². The van der Waals surface area contributed by atoms with Gasteiger partial charge >= 0.3 is 0 Å². The second kappa shape index (κ2) is 14.2. The molecule has 0 saturated carbocycles. The molecular weight excluding hydrogens is 647 g/mol. The number of carbonyl (C=O) groups excluding carboxylic acids is 1. The molecule has 2 aliphatic rings. The van der Waals surface area contributed by atoms with Gasteiger partial charge in [-0.3, -0.25) is 14.8 Å². The Kier molecular flexibility index (Phi) is 9.99. The quantitative estimate of drug-likeness (QED) is 0.207. The maximum atomic E-state index is 13.8. The molecule has 2 fully saturated rings. The first-order chi connectivity index (χ1) is 23.4. The molecule has 1 amide bonds. The molecule has 2 aliphatic heterocycles. The number of rotatable bonds is 10. The second-order valence-electron chi connectivity index (χ2n) is 13.4. The molecule has 0 spiro atoms. The lowest BCUT2D eigenvalue weighted by atomic mass is 10.2. The molecule has 4 aromatic rings. The third-order valence-corrected chi connectivity index (χ3v) is 11.6. The minimum Gasteiger partial charge on any atom is -0.492 e. The zero-order valence-electron chi connectivity index (χ0n) is 28.8. The van der Waals surface area contributed by atoms with Gasteiger partial charge in [-0.25, -0.2) is 28.4 Å². The third-order valence-electron chi connectivity index (χ3n) is 9.11. The lowest BCUT2D eigenvalue weighted by molar-refractivity contribution is 0.0735. The lowest BCUT2D eigenvalue weighted by Crippen LogP contribution is -2.47. The molecule has 0 radical (unpaired) electrons. The molecule has 0 bridgehead atoms. The molecule has 0 atom stereocenters. The van der Waals surface area contributed by atoms with Crippen LogP contribution in [-0.2, 0) is 9.84 Å². The molecule has 262 valence electrons. The number of aromatic nitrogens is 6. The molecule has 6 rings (SSSR count). The minimum atomic E-state index is -3.78. The van der Waals surface area contributed by atoms with Crippen molar-refractivity contribution in [3.8, 4) is 5.75 Å². The summed E-state index contributed by atoms with van der Waals surface area (Å²) in [6, 6.07) is 3.29. The molecule has 15 nitrogen and oxygen atoms in total. The van der Waals surface area contributed by atoms with Crippen LogP contribution >= 0.6 is 0 Å². The van der Waals surface area contributed by atoms with E-state index in [1.54, 1.807) is 45.3 Å². The van der Waals surface area contributed by atoms with Crippen LogP contribution in [0.15, 0.2) is 35.7 Å². The molecule has 16 heteroatoms. The smallest absolute Gasteiger partial charge is 0.257 e. The van der Waals surface area contributed by atoms with Crippen LogP contribution in [0, 0.1) is 13.8 Å². The largest absolute Gasteiger partial charge is 0.492 e. The van der Waals surface area contributed by atoms with E-state index in [0.29, 0.717) is 60.2 Å². The van der Waals surface area contributed by atoms with Crippen molar-refractivity contribution >= 4 is 44.2 Å². The topological polar surface area (TPSA) is 174 Å². The van der Waals surface area contributed by atoms with Crippen LogP contribution in [0.2, 0.25) is 0 Å². The highest BCUT2D eigenvalue weighted by atomic mass is 32.2. The average molecular weight is 692 g/mol. The van der Waals surface area contributed by atoms with Crippen LogP contribution in [0.5, 0.6) is 5.75 Å². The molecule has 2 saturated heterocycles. The maximum Gasteiger partial charge on any atom is 0.257 e. The minimum absolute atomic E-state index is 0.0303. The first kappa shape index (κ1) is 34.5. The number of hydrogen-bond acceptors (Lipinski definition) is 13. The summed E-state index contributed by atoms with van der Waals surface area (Å²) in [7, 11) is -3.78. The molecule has 0 aliphatic carbocycles. The number of nitrogens with one attached hydrogen (secondary N) is 3. The number of H-pyrrole nitrogens is 1. The Hall–Kier alpha value is -4.41. The van der Waals surface area contributed by atoms with Gasteiger partial charge in [0.05, 0.1) is 22.4 Å². The van der Waals surface area contributed by atoms with E-state index in [1.165, 1.54) is 6.33 Å². The molecule has 1 aromatic carbocycles. The van der Waals surface area contributed by atoms with Crippen LogP contribution < -0.4 is 20.3 Å². The summed E-state index contributed by atoms with van der Waals surface area (Å²) in [5.41, 5.74) is 2.94. The number of sulfone groups is 1. The summed E-state index contributed by atoms with van der Waals surface area (Å²) in [6.07, 6.45) is 5.40. The Morgan fingerprint density at radius 2 is 1.67 bits per heavy atom. The van der Waals surface area contributed by atoms with Crippen LogP contribution in [0.3, 0.4) is 0 Å². The highest BCUT2D eigenvalue weighted by Gasteiger charge is 2.34. The van der Waals surface area contributed by atoms with E-state index in [-0.39, 0.29) is 16.6 Å². The van der Waals surface area contributed by atoms with E-state index in [1.807, 2.05) is 18.7 Å². The predicted octanol–water partition coefficient (Wildman–Crippen LogP) is 2.71. The Labute approximate surface area is 286 Å². The zero-order valence-corrected chi connectivity index (χ0v) is 29.6. The van der Waals surface area contributed by atoms with Crippen molar-refractivity contribution in [3.05, 3.63) is 47.7 Å². The molecule has 3 aromatic heterocycles. The molecule has 49 heavy (non-hydrogen) atoms. The first-order valence-electron chi connectivity index (χ1n) is 16.7. The normalized spacial score (nSPS) is 16.3. The summed E-state index contributed by atoms with van der Waals surface area (Å²) >= 11 is 0. The van der Waals surface area contributed by atoms with E-state index in [0.717, 1.165) is 57.1 Å². The average Bonchev–Trinajstić information content (AvgIpc) is 3.42. The van der Waals surface area contributed by atoms with Crippen LogP contribution in [0.1, 0.15) is 48.8 Å². The predicted molar refractivity (Wildman–Crippen MR) is 187 cm³/mol. The Balaban J connectivity index is 1.07. The number of carbonyl (C=O) groups is 1. The Bertz CT molecular complexity index is 1890. The number of piperazine rings is 2. The summed E-state index contributed by atoms with van der Waals surface area (Å²) < 4.78 is 32.7. The SMILES string of the molecule is Cc1[nH]nc(Nc2ncnc3cc(OCCCN4CCN(c5ncc(C(=O)N6CCNCC6)cn5)CC4)c(S(=O)(=O)C(C)(C)C)cc23)c1C. The molecular formula is C33H45N11O4S. The Morgan fingerprint density at radius 1 is 0.959 bits per heavy atom. The van der Waals surface area contributed by atoms with Gasteiger partial charge in [-0.15, -0.1) is 0 Å². The highest BCUT2D eigenvalue weighted by molar-refractivity contribution is 7.92. The molecule has 3 N–H and O–H groups in total. The number of hydrogen-bond donors (Lipinski definition) is 3. The monoisotopic (exact) mass is 691 g/mol. The number of amides is 1. The van der Waals surface area contributed by atoms with E-state index in [9.17, 15) is 13.2 Å². The lowest BCUT2D eigenvalue weighted by Gasteiger charge is -2.34. The molecule has 5 heterocycles.